The first-order chi connectivity index (χ1) is 12.9. The molecule has 0 spiro atoms. The van der Waals surface area contributed by atoms with E-state index in [1.807, 2.05) is 24.8 Å². The van der Waals surface area contributed by atoms with E-state index in [-0.39, 0.29) is 11.8 Å². The SMILES string of the molecule is Cc1cc(C)nc(N2CCc3oc(C(=O)N4C[C@H](C)C[C@@H](C)C4)nc3C2)n1. The van der Waals surface area contributed by atoms with Crippen LogP contribution in [0, 0.1) is 25.7 Å². The van der Waals surface area contributed by atoms with Gasteiger partial charge in [-0.05, 0) is 38.2 Å². The van der Waals surface area contributed by atoms with Crippen LogP contribution in [0.4, 0.5) is 5.95 Å². The molecule has 7 nitrogen and oxygen atoms in total. The highest BCUT2D eigenvalue weighted by Crippen LogP contribution is 2.26. The molecule has 1 saturated heterocycles. The number of aryl methyl sites for hydroxylation is 2. The molecule has 0 aliphatic carbocycles. The number of likely N-dealkylation sites (tertiary alicyclic amines) is 1. The number of hydrogen-bond donors (Lipinski definition) is 0. The maximum Gasteiger partial charge on any atom is 0.309 e. The van der Waals surface area contributed by atoms with Gasteiger partial charge in [0, 0.05) is 37.4 Å². The number of amides is 1. The third-order valence-corrected chi connectivity index (χ3v) is 5.32. The smallest absolute Gasteiger partial charge is 0.309 e. The molecule has 2 aromatic heterocycles. The van der Waals surface area contributed by atoms with Crippen molar-refractivity contribution in [3.8, 4) is 0 Å². The van der Waals surface area contributed by atoms with Crippen LogP contribution in [0.3, 0.4) is 0 Å². The summed E-state index contributed by atoms with van der Waals surface area (Å²) < 4.78 is 5.85. The molecular weight excluding hydrogens is 342 g/mol. The molecule has 2 aliphatic heterocycles. The lowest BCUT2D eigenvalue weighted by Crippen LogP contribution is -2.42. The van der Waals surface area contributed by atoms with Crippen molar-refractivity contribution >= 4 is 11.9 Å². The molecule has 0 saturated carbocycles. The topological polar surface area (TPSA) is 75.4 Å². The number of nitrogens with zero attached hydrogens (tertiary/aromatic N) is 5. The zero-order valence-electron chi connectivity index (χ0n) is 16.5. The molecule has 0 bridgehead atoms. The number of fused-ring (bicyclic) bond motifs is 1. The molecule has 0 N–H and O–H groups in total. The molecule has 2 atom stereocenters. The van der Waals surface area contributed by atoms with Crippen molar-refractivity contribution in [2.45, 2.75) is 47.1 Å². The van der Waals surface area contributed by atoms with E-state index in [2.05, 4.69) is 33.7 Å². The summed E-state index contributed by atoms with van der Waals surface area (Å²) in [5.41, 5.74) is 2.73. The first-order valence-corrected chi connectivity index (χ1v) is 9.74. The predicted octanol–water partition coefficient (Wildman–Crippen LogP) is 2.76. The van der Waals surface area contributed by atoms with Crippen molar-refractivity contribution in [3.05, 3.63) is 34.8 Å². The molecule has 0 radical (unpaired) electrons. The maximum absolute atomic E-state index is 12.9. The van der Waals surface area contributed by atoms with Crippen LogP contribution in [0.2, 0.25) is 0 Å². The summed E-state index contributed by atoms with van der Waals surface area (Å²) in [5.74, 6) is 2.70. The molecule has 2 aromatic rings. The van der Waals surface area contributed by atoms with Gasteiger partial charge in [0.25, 0.3) is 5.89 Å². The largest absolute Gasteiger partial charge is 0.437 e. The minimum absolute atomic E-state index is 0.0861. The Balaban J connectivity index is 1.52. The number of hydrogen-bond acceptors (Lipinski definition) is 6. The molecule has 0 unspecified atom stereocenters. The van der Waals surface area contributed by atoms with Crippen molar-refractivity contribution in [1.29, 1.82) is 0 Å². The molecule has 1 fully saturated rings. The number of carbonyl (C=O) groups is 1. The van der Waals surface area contributed by atoms with Crippen molar-refractivity contribution in [1.82, 2.24) is 19.9 Å². The Morgan fingerprint density at radius 3 is 2.44 bits per heavy atom. The lowest BCUT2D eigenvalue weighted by atomic mass is 9.92. The molecular formula is C20H27N5O2. The Morgan fingerprint density at radius 1 is 1.11 bits per heavy atom. The van der Waals surface area contributed by atoms with Gasteiger partial charge >= 0.3 is 5.91 Å². The van der Waals surface area contributed by atoms with Gasteiger partial charge in [-0.2, -0.15) is 0 Å². The Morgan fingerprint density at radius 2 is 1.78 bits per heavy atom. The molecule has 27 heavy (non-hydrogen) atoms. The standard InChI is InChI=1S/C20H27N5O2/c1-12-7-13(2)10-25(9-12)19(26)18-23-16-11-24(6-5-17(16)27-18)20-21-14(3)8-15(4)22-20/h8,12-13H,5-7,9-11H2,1-4H3/t12-,13-/m1/s1. The second-order valence-electron chi connectivity index (χ2n) is 8.17. The molecule has 0 aromatic carbocycles. The number of aromatic nitrogens is 3. The number of carbonyl (C=O) groups excluding carboxylic acids is 1. The van der Waals surface area contributed by atoms with E-state index >= 15 is 0 Å². The van der Waals surface area contributed by atoms with E-state index in [0.717, 1.165) is 48.9 Å². The molecule has 1 amide bonds. The fourth-order valence-corrected chi connectivity index (χ4v) is 4.27. The number of piperidine rings is 1. The highest BCUT2D eigenvalue weighted by Gasteiger charge is 2.31. The summed E-state index contributed by atoms with van der Waals surface area (Å²) in [6, 6.07) is 1.96. The van der Waals surface area contributed by atoms with Gasteiger partial charge in [-0.25, -0.2) is 15.0 Å². The predicted molar refractivity (Wildman–Crippen MR) is 102 cm³/mol. The zero-order valence-corrected chi connectivity index (χ0v) is 16.5. The van der Waals surface area contributed by atoms with Gasteiger partial charge in [0.15, 0.2) is 0 Å². The second-order valence-corrected chi connectivity index (χ2v) is 8.17. The van der Waals surface area contributed by atoms with Gasteiger partial charge in [-0.3, -0.25) is 4.79 Å². The van der Waals surface area contributed by atoms with E-state index in [0.29, 0.717) is 30.7 Å². The normalized spacial score (nSPS) is 22.7. The Labute approximate surface area is 159 Å². The minimum atomic E-state index is -0.0861. The van der Waals surface area contributed by atoms with E-state index in [4.69, 9.17) is 4.42 Å². The van der Waals surface area contributed by atoms with Crippen LogP contribution >= 0.6 is 0 Å². The van der Waals surface area contributed by atoms with Crippen LogP contribution in [-0.2, 0) is 13.0 Å². The summed E-state index contributed by atoms with van der Waals surface area (Å²) in [6.45, 7) is 11.2. The fraction of sp³-hybridized carbons (Fsp3) is 0.600. The number of rotatable bonds is 2. The first-order valence-electron chi connectivity index (χ1n) is 9.74. The van der Waals surface area contributed by atoms with Crippen LogP contribution in [0.1, 0.15) is 53.8 Å². The first kappa shape index (κ1) is 17.9. The monoisotopic (exact) mass is 369 g/mol. The van der Waals surface area contributed by atoms with Crippen LogP contribution < -0.4 is 4.90 Å². The lowest BCUT2D eigenvalue weighted by molar-refractivity contribution is 0.0581. The Hall–Kier alpha value is -2.44. The number of anilines is 1. The van der Waals surface area contributed by atoms with Gasteiger partial charge in [0.05, 0.1) is 6.54 Å². The summed E-state index contributed by atoms with van der Waals surface area (Å²) in [5, 5.41) is 0. The number of oxazole rings is 1. The highest BCUT2D eigenvalue weighted by molar-refractivity contribution is 5.89. The lowest BCUT2D eigenvalue weighted by Gasteiger charge is -2.34. The van der Waals surface area contributed by atoms with E-state index in [1.165, 1.54) is 0 Å². The fourth-order valence-electron chi connectivity index (χ4n) is 4.27. The van der Waals surface area contributed by atoms with E-state index in [1.54, 1.807) is 0 Å². The molecule has 144 valence electrons. The second kappa shape index (κ2) is 6.94. The maximum atomic E-state index is 12.9. The van der Waals surface area contributed by atoms with Crippen LogP contribution in [-0.4, -0.2) is 45.4 Å². The van der Waals surface area contributed by atoms with E-state index in [9.17, 15) is 4.79 Å². The van der Waals surface area contributed by atoms with Crippen molar-refractivity contribution in [3.63, 3.8) is 0 Å². The quantitative estimate of drug-likeness (QED) is 0.810. The van der Waals surface area contributed by atoms with Gasteiger partial charge in [-0.15, -0.1) is 0 Å². The summed E-state index contributed by atoms with van der Waals surface area (Å²) >= 11 is 0. The van der Waals surface area contributed by atoms with Crippen molar-refractivity contribution in [2.75, 3.05) is 24.5 Å². The van der Waals surface area contributed by atoms with E-state index < -0.39 is 0 Å². The van der Waals surface area contributed by atoms with Gasteiger partial charge in [0.2, 0.25) is 5.95 Å². The summed E-state index contributed by atoms with van der Waals surface area (Å²) in [7, 11) is 0. The Bertz CT molecular complexity index is 832. The molecule has 2 aliphatic rings. The van der Waals surface area contributed by atoms with Crippen molar-refractivity contribution in [2.24, 2.45) is 11.8 Å². The average molecular weight is 369 g/mol. The summed E-state index contributed by atoms with van der Waals surface area (Å²) in [6.07, 6.45) is 1.87. The zero-order chi connectivity index (χ0) is 19.1. The van der Waals surface area contributed by atoms with Gasteiger partial charge in [0.1, 0.15) is 11.5 Å². The van der Waals surface area contributed by atoms with Crippen LogP contribution in [0.25, 0.3) is 0 Å². The highest BCUT2D eigenvalue weighted by atomic mass is 16.4. The van der Waals surface area contributed by atoms with Crippen molar-refractivity contribution < 1.29 is 9.21 Å². The third-order valence-electron chi connectivity index (χ3n) is 5.32. The van der Waals surface area contributed by atoms with Gasteiger partial charge < -0.3 is 14.2 Å². The van der Waals surface area contributed by atoms with Crippen LogP contribution in [0.15, 0.2) is 10.5 Å². The average Bonchev–Trinajstić information content (AvgIpc) is 3.02. The molecule has 7 heteroatoms. The van der Waals surface area contributed by atoms with Gasteiger partial charge in [-0.1, -0.05) is 13.8 Å². The molecule has 4 rings (SSSR count). The third kappa shape index (κ3) is 3.68. The van der Waals surface area contributed by atoms with Crippen LogP contribution in [0.5, 0.6) is 0 Å². The summed E-state index contributed by atoms with van der Waals surface area (Å²) in [4.78, 5) is 30.5. The minimum Gasteiger partial charge on any atom is -0.437 e. The molecule has 4 heterocycles. The Kier molecular flexibility index (Phi) is 4.61.